The van der Waals surface area contributed by atoms with Gasteiger partial charge in [-0.3, -0.25) is 4.79 Å². The molecule has 33 heavy (non-hydrogen) atoms. The summed E-state index contributed by atoms with van der Waals surface area (Å²) >= 11 is 3.36. The first-order valence-electron chi connectivity index (χ1n) is 10.5. The summed E-state index contributed by atoms with van der Waals surface area (Å²) in [7, 11) is 3.25. The van der Waals surface area contributed by atoms with Crippen LogP contribution in [-0.4, -0.2) is 46.6 Å². The molecule has 0 fully saturated rings. The molecule has 5 N–H and O–H groups in total. The number of furan rings is 1. The van der Waals surface area contributed by atoms with Gasteiger partial charge in [0, 0.05) is 18.6 Å². The lowest BCUT2D eigenvalue weighted by Gasteiger charge is -2.20. The Balaban J connectivity index is 1.72. The molecule has 1 atom stereocenters. The standard InChI is InChI=1S/C22H26BrN7O3/c1-5-13(15-9-6-11(2)33-15)26-20-21(29-19-18(28-20)24-10-25-19)27-14-8-7-12(23)16(17(14)31)22(32)30(3)4/h6-9,13,31H,5,10H2,1-4H3,(H2,24,26,28)(H2,25,27,29)/t13-/m1/s1. The molecule has 1 aromatic carbocycles. The Bertz CT molecular complexity index is 1190. The number of nitrogens with zero attached hydrogens (tertiary/aromatic N) is 3. The van der Waals surface area contributed by atoms with Gasteiger partial charge in [-0.25, -0.2) is 9.97 Å². The largest absolute Gasteiger partial charge is 0.505 e. The van der Waals surface area contributed by atoms with Crippen molar-refractivity contribution in [1.82, 2.24) is 14.9 Å². The van der Waals surface area contributed by atoms with Gasteiger partial charge in [0.2, 0.25) is 0 Å². The molecule has 0 saturated heterocycles. The van der Waals surface area contributed by atoms with Gasteiger partial charge in [0.1, 0.15) is 11.5 Å². The molecular formula is C22H26BrN7O3. The van der Waals surface area contributed by atoms with Crippen LogP contribution in [0.5, 0.6) is 5.75 Å². The van der Waals surface area contributed by atoms with E-state index in [9.17, 15) is 9.90 Å². The van der Waals surface area contributed by atoms with Gasteiger partial charge in [-0.1, -0.05) is 6.92 Å². The van der Waals surface area contributed by atoms with E-state index in [0.29, 0.717) is 40.1 Å². The number of fused-ring (bicyclic) bond motifs is 1. The molecule has 2 aromatic heterocycles. The maximum absolute atomic E-state index is 12.6. The second-order valence-corrected chi connectivity index (χ2v) is 8.70. The zero-order valence-corrected chi connectivity index (χ0v) is 20.4. The number of rotatable bonds is 7. The molecule has 3 aromatic rings. The first kappa shape index (κ1) is 22.7. The average molecular weight is 516 g/mol. The number of amides is 1. The Hall–Kier alpha value is -3.47. The van der Waals surface area contributed by atoms with Crippen LogP contribution in [0.15, 0.2) is 33.2 Å². The molecule has 10 nitrogen and oxygen atoms in total. The number of nitrogens with one attached hydrogen (secondary N) is 4. The molecule has 1 amide bonds. The number of aryl methyl sites for hydroxylation is 1. The van der Waals surface area contributed by atoms with E-state index in [-0.39, 0.29) is 23.3 Å². The number of carbonyl (C=O) groups is 1. The van der Waals surface area contributed by atoms with Crippen LogP contribution >= 0.6 is 15.9 Å². The molecule has 0 aliphatic carbocycles. The summed E-state index contributed by atoms with van der Waals surface area (Å²) in [6, 6.07) is 7.09. The number of phenolic OH excluding ortho intramolecular Hbond substituents is 1. The van der Waals surface area contributed by atoms with Crippen molar-refractivity contribution in [3.05, 3.63) is 45.8 Å². The average Bonchev–Trinajstić information content (AvgIpc) is 3.42. The molecule has 4 rings (SSSR count). The van der Waals surface area contributed by atoms with Crippen LogP contribution in [0, 0.1) is 6.92 Å². The number of aromatic nitrogens is 2. The fourth-order valence-corrected chi connectivity index (χ4v) is 3.97. The highest BCUT2D eigenvalue weighted by molar-refractivity contribution is 9.10. The summed E-state index contributed by atoms with van der Waals surface area (Å²) in [5.41, 5.74) is 0.486. The highest BCUT2D eigenvalue weighted by Crippen LogP contribution is 2.39. The van der Waals surface area contributed by atoms with Crippen LogP contribution < -0.4 is 21.3 Å². The van der Waals surface area contributed by atoms with Crippen LogP contribution in [0.1, 0.15) is 41.3 Å². The van der Waals surface area contributed by atoms with Crippen molar-refractivity contribution in [2.75, 3.05) is 42.0 Å². The number of benzene rings is 1. The molecule has 174 valence electrons. The van der Waals surface area contributed by atoms with Crippen molar-refractivity contribution in [2.45, 2.75) is 26.3 Å². The van der Waals surface area contributed by atoms with E-state index in [2.05, 4.69) is 47.2 Å². The molecule has 1 aliphatic rings. The molecule has 0 bridgehead atoms. The number of carbonyl (C=O) groups excluding carboxylic acids is 1. The van der Waals surface area contributed by atoms with Gasteiger partial charge in [0.15, 0.2) is 29.0 Å². The van der Waals surface area contributed by atoms with E-state index in [0.717, 1.165) is 17.9 Å². The zero-order chi connectivity index (χ0) is 23.7. The van der Waals surface area contributed by atoms with Crippen molar-refractivity contribution < 1.29 is 14.3 Å². The third kappa shape index (κ3) is 4.54. The van der Waals surface area contributed by atoms with E-state index < -0.39 is 0 Å². The summed E-state index contributed by atoms with van der Waals surface area (Å²) in [4.78, 5) is 23.3. The predicted molar refractivity (Wildman–Crippen MR) is 131 cm³/mol. The number of anilines is 5. The highest BCUT2D eigenvalue weighted by atomic mass is 79.9. The van der Waals surface area contributed by atoms with Crippen LogP contribution in [0.25, 0.3) is 0 Å². The molecule has 11 heteroatoms. The van der Waals surface area contributed by atoms with Gasteiger partial charge in [0.05, 0.1) is 24.0 Å². The van der Waals surface area contributed by atoms with Crippen LogP contribution in [0.4, 0.5) is 29.0 Å². The lowest BCUT2D eigenvalue weighted by atomic mass is 10.1. The molecular weight excluding hydrogens is 490 g/mol. The summed E-state index contributed by atoms with van der Waals surface area (Å²) in [6.07, 6.45) is 0.752. The van der Waals surface area contributed by atoms with Crippen molar-refractivity contribution in [2.24, 2.45) is 0 Å². The maximum atomic E-state index is 12.6. The summed E-state index contributed by atoms with van der Waals surface area (Å²) in [5, 5.41) is 23.7. The molecule has 0 spiro atoms. The Morgan fingerprint density at radius 1 is 1.21 bits per heavy atom. The molecule has 1 aliphatic heterocycles. The SMILES string of the molecule is CC[C@@H](Nc1nc2c(nc1Nc1ccc(Br)c(C(=O)N(C)C)c1O)NCN2)c1ccc(C)o1. The van der Waals surface area contributed by atoms with E-state index in [1.165, 1.54) is 4.90 Å². The van der Waals surface area contributed by atoms with E-state index in [4.69, 9.17) is 4.42 Å². The lowest BCUT2D eigenvalue weighted by molar-refractivity contribution is 0.0824. The number of hydrogen-bond acceptors (Lipinski definition) is 9. The van der Waals surface area contributed by atoms with Crippen molar-refractivity contribution in [1.29, 1.82) is 0 Å². The Labute approximate surface area is 199 Å². The molecule has 3 heterocycles. The monoisotopic (exact) mass is 515 g/mol. The minimum atomic E-state index is -0.327. The van der Waals surface area contributed by atoms with Crippen molar-refractivity contribution in [3.8, 4) is 5.75 Å². The van der Waals surface area contributed by atoms with E-state index in [1.807, 2.05) is 26.0 Å². The Kier molecular flexibility index (Phi) is 6.32. The quantitative estimate of drug-likeness (QED) is 0.285. The second-order valence-electron chi connectivity index (χ2n) is 7.85. The topological polar surface area (TPSA) is 128 Å². The minimum absolute atomic E-state index is 0.134. The summed E-state index contributed by atoms with van der Waals surface area (Å²) < 4.78 is 6.30. The molecule has 0 unspecified atom stereocenters. The minimum Gasteiger partial charge on any atom is -0.505 e. The molecule has 0 radical (unpaired) electrons. The van der Waals surface area contributed by atoms with Gasteiger partial charge >= 0.3 is 0 Å². The first-order chi connectivity index (χ1) is 15.8. The summed E-state index contributed by atoms with van der Waals surface area (Å²) in [5.74, 6) is 3.19. The maximum Gasteiger partial charge on any atom is 0.258 e. The lowest BCUT2D eigenvalue weighted by Crippen LogP contribution is -2.22. The van der Waals surface area contributed by atoms with Crippen LogP contribution in [0.2, 0.25) is 0 Å². The van der Waals surface area contributed by atoms with E-state index in [1.54, 1.807) is 26.2 Å². The zero-order valence-electron chi connectivity index (χ0n) is 18.8. The Morgan fingerprint density at radius 3 is 2.52 bits per heavy atom. The normalized spacial score (nSPS) is 13.0. The smallest absolute Gasteiger partial charge is 0.258 e. The van der Waals surface area contributed by atoms with Gasteiger partial charge < -0.3 is 35.7 Å². The molecule has 0 saturated carbocycles. The second kappa shape index (κ2) is 9.18. The van der Waals surface area contributed by atoms with Crippen LogP contribution in [-0.2, 0) is 0 Å². The van der Waals surface area contributed by atoms with Gasteiger partial charge in [-0.2, -0.15) is 0 Å². The van der Waals surface area contributed by atoms with Crippen molar-refractivity contribution in [3.63, 3.8) is 0 Å². The number of aromatic hydroxyl groups is 1. The fraction of sp³-hybridized carbons (Fsp3) is 0.318. The number of hydrogen-bond donors (Lipinski definition) is 5. The van der Waals surface area contributed by atoms with Crippen molar-refractivity contribution >= 4 is 50.8 Å². The fourth-order valence-electron chi connectivity index (χ4n) is 3.48. The highest BCUT2D eigenvalue weighted by Gasteiger charge is 2.24. The number of halogens is 1. The Morgan fingerprint density at radius 2 is 1.91 bits per heavy atom. The van der Waals surface area contributed by atoms with Gasteiger partial charge in [-0.05, 0) is 53.5 Å². The first-order valence-corrected chi connectivity index (χ1v) is 11.3. The number of phenols is 1. The van der Waals surface area contributed by atoms with Crippen LogP contribution in [0.3, 0.4) is 0 Å². The van der Waals surface area contributed by atoms with Gasteiger partial charge in [0.25, 0.3) is 5.91 Å². The third-order valence-corrected chi connectivity index (χ3v) is 5.89. The van der Waals surface area contributed by atoms with Gasteiger partial charge in [-0.15, -0.1) is 0 Å². The third-order valence-electron chi connectivity index (χ3n) is 5.23. The predicted octanol–water partition coefficient (Wildman–Crippen LogP) is 4.65. The van der Waals surface area contributed by atoms with E-state index >= 15 is 0 Å². The summed E-state index contributed by atoms with van der Waals surface area (Å²) in [6.45, 7) is 4.46.